The Hall–Kier alpha value is -2.02. The molecule has 0 bridgehead atoms. The zero-order valence-electron chi connectivity index (χ0n) is 9.53. The Morgan fingerprint density at radius 2 is 1.17 bits per heavy atom. The molecule has 0 aromatic rings. The first-order chi connectivity index (χ1) is 8.51. The van der Waals surface area contributed by atoms with E-state index in [1.165, 1.54) is 0 Å². The van der Waals surface area contributed by atoms with E-state index in [4.69, 9.17) is 10.5 Å². The topological polar surface area (TPSA) is 81.7 Å². The van der Waals surface area contributed by atoms with Crippen molar-refractivity contribution in [2.75, 3.05) is 0 Å². The van der Waals surface area contributed by atoms with Crippen molar-refractivity contribution in [1.82, 2.24) is 0 Å². The smallest absolute Gasteiger partial charge is 0.200 e. The molecule has 1 aliphatic carbocycles. The van der Waals surface area contributed by atoms with Gasteiger partial charge in [-0.3, -0.25) is 9.59 Å². The summed E-state index contributed by atoms with van der Waals surface area (Å²) < 4.78 is 0.535. The van der Waals surface area contributed by atoms with Gasteiger partial charge in [-0.1, -0.05) is 0 Å². The monoisotopic (exact) mass is 274 g/mol. The largest absolute Gasteiger partial charge is 0.288 e. The van der Waals surface area contributed by atoms with Crippen LogP contribution in [-0.4, -0.2) is 0 Å². The predicted octanol–water partition coefficient (Wildman–Crippen LogP) is 1.61. The Bertz CT molecular complexity index is 834. The predicted molar refractivity (Wildman–Crippen MR) is 68.9 cm³/mol. The molecule has 0 fully saturated rings. The average molecular weight is 274 g/mol. The van der Waals surface area contributed by atoms with Gasteiger partial charge in [0.1, 0.15) is 21.9 Å². The average Bonchev–Trinajstić information content (AvgIpc) is 2.41. The fourth-order valence-electron chi connectivity index (χ4n) is 1.52. The lowest BCUT2D eigenvalue weighted by Gasteiger charge is -1.99. The van der Waals surface area contributed by atoms with Crippen LogP contribution < -0.4 is 10.9 Å². The molecule has 0 spiro atoms. The van der Waals surface area contributed by atoms with E-state index in [2.05, 4.69) is 0 Å². The van der Waals surface area contributed by atoms with Gasteiger partial charge in [0.2, 0.25) is 10.9 Å². The van der Waals surface area contributed by atoms with Crippen molar-refractivity contribution in [2.45, 2.75) is 13.8 Å². The third-order valence-electron chi connectivity index (χ3n) is 2.68. The Morgan fingerprint density at radius 1 is 0.833 bits per heavy atom. The Balaban J connectivity index is 3.25. The van der Waals surface area contributed by atoms with Crippen molar-refractivity contribution in [3.8, 4) is 12.1 Å². The second kappa shape index (κ2) is 4.34. The van der Waals surface area contributed by atoms with Crippen LogP contribution in [0.1, 0.15) is 20.9 Å². The van der Waals surface area contributed by atoms with Crippen LogP contribution in [0.5, 0.6) is 0 Å². The number of nitrogens with zero attached hydrogens (tertiary/aromatic N) is 2. The first kappa shape index (κ1) is 12.4. The molecule has 0 amide bonds. The minimum absolute atomic E-state index is 0.176. The van der Waals surface area contributed by atoms with E-state index in [1.807, 2.05) is 12.1 Å². The molecule has 4 nitrogen and oxygen atoms in total. The molecule has 6 heteroatoms. The van der Waals surface area contributed by atoms with E-state index < -0.39 is 0 Å². The van der Waals surface area contributed by atoms with Crippen molar-refractivity contribution in [1.29, 1.82) is 10.5 Å². The van der Waals surface area contributed by atoms with Crippen molar-refractivity contribution >= 4 is 22.7 Å². The quantitative estimate of drug-likeness (QED) is 0.731. The minimum Gasteiger partial charge on any atom is -0.288 e. The van der Waals surface area contributed by atoms with E-state index in [9.17, 15) is 9.59 Å². The van der Waals surface area contributed by atoms with Crippen molar-refractivity contribution in [3.63, 3.8) is 0 Å². The molecular formula is C12H6N2O2S2. The standard InChI is InChI=1S/C12H6N2O2S2/c1-5-6(2)10(16)12-11(9(5)15)17-7(3-13)8(4-14)18-12/h1-2H3. The van der Waals surface area contributed by atoms with Gasteiger partial charge in [-0.05, 0) is 13.8 Å². The summed E-state index contributed by atoms with van der Waals surface area (Å²) in [6, 6.07) is 3.77. The third kappa shape index (κ3) is 1.63. The highest BCUT2D eigenvalue weighted by Crippen LogP contribution is 2.19. The lowest BCUT2D eigenvalue weighted by Crippen LogP contribution is -2.19. The second-order valence-electron chi connectivity index (χ2n) is 3.65. The Morgan fingerprint density at radius 3 is 1.44 bits per heavy atom. The number of rotatable bonds is 0. The zero-order valence-corrected chi connectivity index (χ0v) is 11.2. The maximum absolute atomic E-state index is 12.1. The molecule has 2 aliphatic rings. The third-order valence-corrected chi connectivity index (χ3v) is 5.12. The molecule has 0 radical (unpaired) electrons. The van der Waals surface area contributed by atoms with Crippen LogP contribution in [0.2, 0.25) is 0 Å². The summed E-state index contributed by atoms with van der Waals surface area (Å²) in [5.41, 5.74) is 0.350. The molecule has 1 heterocycles. The summed E-state index contributed by atoms with van der Waals surface area (Å²) in [5, 5.41) is 17.9. The van der Waals surface area contributed by atoms with Crippen LogP contribution in [0.25, 0.3) is 0 Å². The van der Waals surface area contributed by atoms with E-state index >= 15 is 0 Å². The van der Waals surface area contributed by atoms with Crippen LogP contribution in [0.4, 0.5) is 0 Å². The van der Waals surface area contributed by atoms with Gasteiger partial charge in [0, 0.05) is 11.1 Å². The summed E-state index contributed by atoms with van der Waals surface area (Å²) in [4.78, 5) is 24.5. The first-order valence-electron chi connectivity index (χ1n) is 4.92. The molecule has 0 aromatic heterocycles. The lowest BCUT2D eigenvalue weighted by molar-refractivity contribution is 1.24. The van der Waals surface area contributed by atoms with Gasteiger partial charge >= 0.3 is 0 Å². The van der Waals surface area contributed by atoms with Gasteiger partial charge in [-0.2, -0.15) is 10.5 Å². The highest BCUT2D eigenvalue weighted by atomic mass is 32.1. The molecule has 88 valence electrons. The lowest BCUT2D eigenvalue weighted by atomic mass is 10.1. The molecule has 18 heavy (non-hydrogen) atoms. The highest BCUT2D eigenvalue weighted by molar-refractivity contribution is 7.18. The van der Waals surface area contributed by atoms with Gasteiger partial charge in [-0.15, -0.1) is 22.7 Å². The molecule has 0 saturated heterocycles. The van der Waals surface area contributed by atoms with E-state index in [-0.39, 0.29) is 29.7 Å². The maximum atomic E-state index is 12.1. The van der Waals surface area contributed by atoms with Crippen molar-refractivity contribution < 1.29 is 0 Å². The molecule has 0 saturated carbocycles. The summed E-state index contributed by atoms with van der Waals surface area (Å²) in [6.45, 7) is 3.19. The number of hydrogen-bond acceptors (Lipinski definition) is 6. The molecule has 0 aromatic carbocycles. The highest BCUT2D eigenvalue weighted by Gasteiger charge is 2.13. The fourth-order valence-corrected chi connectivity index (χ4v) is 3.66. The minimum atomic E-state index is -0.232. The molecule has 2 rings (SSSR count). The van der Waals surface area contributed by atoms with Gasteiger partial charge in [0.25, 0.3) is 0 Å². The van der Waals surface area contributed by atoms with Crippen LogP contribution in [0.15, 0.2) is 9.59 Å². The van der Waals surface area contributed by atoms with E-state index in [1.54, 1.807) is 13.8 Å². The maximum Gasteiger partial charge on any atom is 0.200 e. The summed E-state index contributed by atoms with van der Waals surface area (Å²) >= 11 is 1.83. The molecule has 1 aliphatic heterocycles. The number of nitriles is 2. The summed E-state index contributed by atoms with van der Waals surface area (Å²) in [5.74, 6) is 0. The van der Waals surface area contributed by atoms with Gasteiger partial charge in [0.05, 0.1) is 9.06 Å². The fraction of sp³-hybridized carbons (Fsp3) is 0.167. The Labute approximate surface area is 110 Å². The number of hydrogen-bond donors (Lipinski definition) is 0. The normalized spacial score (nSPS) is 10.0. The molecule has 0 N–H and O–H groups in total. The zero-order chi connectivity index (χ0) is 13.4. The van der Waals surface area contributed by atoms with Gasteiger partial charge in [0.15, 0.2) is 0 Å². The van der Waals surface area contributed by atoms with Gasteiger partial charge < -0.3 is 0 Å². The molecule has 0 unspecified atom stereocenters. The van der Waals surface area contributed by atoms with Crippen LogP contribution in [-0.2, 0) is 0 Å². The first-order valence-corrected chi connectivity index (χ1v) is 6.55. The van der Waals surface area contributed by atoms with Crippen LogP contribution in [0, 0.1) is 45.6 Å². The molecular weight excluding hydrogens is 268 g/mol. The van der Waals surface area contributed by atoms with E-state index in [0.29, 0.717) is 11.1 Å². The Kier molecular flexibility index (Phi) is 3.00. The van der Waals surface area contributed by atoms with Crippen LogP contribution in [0.3, 0.4) is 0 Å². The van der Waals surface area contributed by atoms with Crippen molar-refractivity contribution in [2.24, 2.45) is 0 Å². The SMILES string of the molecule is Cc1c(C)c(=O)c2sc(C#N)c(C#N)sc=2c1=O. The van der Waals surface area contributed by atoms with Crippen molar-refractivity contribution in [3.05, 3.63) is 50.4 Å². The second-order valence-corrected chi connectivity index (χ2v) is 5.69. The summed E-state index contributed by atoms with van der Waals surface area (Å²) in [6.07, 6.45) is 0. The molecule has 0 atom stereocenters. The van der Waals surface area contributed by atoms with Gasteiger partial charge in [-0.25, -0.2) is 0 Å². The van der Waals surface area contributed by atoms with E-state index in [0.717, 1.165) is 22.7 Å². The van der Waals surface area contributed by atoms with Crippen LogP contribution >= 0.6 is 22.7 Å². The summed E-state index contributed by atoms with van der Waals surface area (Å²) in [7, 11) is 0.